The summed E-state index contributed by atoms with van der Waals surface area (Å²) in [6, 6.07) is 12.1. The van der Waals surface area contributed by atoms with Gasteiger partial charge in [-0.1, -0.05) is 36.4 Å². The third-order valence-electron chi connectivity index (χ3n) is 3.09. The van der Waals surface area contributed by atoms with Gasteiger partial charge in [0.05, 0.1) is 11.3 Å². The SMILES string of the molecule is C=CCNC(=O)c1cncc(NC(C)c2ccccc2)c1. The summed E-state index contributed by atoms with van der Waals surface area (Å²) in [4.78, 5) is 16.0. The Bertz CT molecular complexity index is 610. The van der Waals surface area contributed by atoms with Gasteiger partial charge in [-0.2, -0.15) is 0 Å². The van der Waals surface area contributed by atoms with Crippen molar-refractivity contribution in [1.29, 1.82) is 0 Å². The second-order valence-electron chi connectivity index (χ2n) is 4.74. The average Bonchev–Trinajstić information content (AvgIpc) is 2.53. The van der Waals surface area contributed by atoms with Crippen LogP contribution in [0.3, 0.4) is 0 Å². The van der Waals surface area contributed by atoms with Crippen LogP contribution in [-0.4, -0.2) is 17.4 Å². The first-order valence-electron chi connectivity index (χ1n) is 6.86. The van der Waals surface area contributed by atoms with Crippen molar-refractivity contribution >= 4 is 11.6 Å². The second kappa shape index (κ2) is 7.24. The van der Waals surface area contributed by atoms with Crippen molar-refractivity contribution < 1.29 is 4.79 Å². The normalized spacial score (nSPS) is 11.5. The highest BCUT2D eigenvalue weighted by molar-refractivity contribution is 5.94. The highest BCUT2D eigenvalue weighted by Crippen LogP contribution is 2.18. The molecule has 1 aromatic carbocycles. The van der Waals surface area contributed by atoms with Gasteiger partial charge in [-0.25, -0.2) is 0 Å². The Labute approximate surface area is 124 Å². The molecule has 0 saturated carbocycles. The maximum Gasteiger partial charge on any atom is 0.253 e. The molecule has 4 heteroatoms. The van der Waals surface area contributed by atoms with Gasteiger partial charge in [0.25, 0.3) is 5.91 Å². The van der Waals surface area contributed by atoms with Gasteiger partial charge in [-0.05, 0) is 18.6 Å². The summed E-state index contributed by atoms with van der Waals surface area (Å²) in [5.41, 5.74) is 2.53. The average molecular weight is 281 g/mol. The molecule has 0 aliphatic heterocycles. The molecule has 0 fully saturated rings. The number of nitrogens with one attached hydrogen (secondary N) is 2. The van der Waals surface area contributed by atoms with Gasteiger partial charge in [-0.15, -0.1) is 6.58 Å². The van der Waals surface area contributed by atoms with E-state index in [9.17, 15) is 4.79 Å². The Hall–Kier alpha value is -2.62. The lowest BCUT2D eigenvalue weighted by molar-refractivity contribution is 0.0957. The van der Waals surface area contributed by atoms with Crippen LogP contribution in [0.1, 0.15) is 28.9 Å². The molecule has 1 unspecified atom stereocenters. The summed E-state index contributed by atoms with van der Waals surface area (Å²) >= 11 is 0. The van der Waals surface area contributed by atoms with E-state index in [2.05, 4.69) is 41.3 Å². The number of hydrogen-bond acceptors (Lipinski definition) is 3. The summed E-state index contributed by atoms with van der Waals surface area (Å²) in [7, 11) is 0. The first kappa shape index (κ1) is 14.8. The number of benzene rings is 1. The van der Waals surface area contributed by atoms with Crippen molar-refractivity contribution in [3.05, 3.63) is 72.6 Å². The fourth-order valence-electron chi connectivity index (χ4n) is 1.99. The number of carbonyl (C=O) groups excluding carboxylic acids is 1. The fourth-order valence-corrected chi connectivity index (χ4v) is 1.99. The number of anilines is 1. The molecule has 1 aromatic heterocycles. The van der Waals surface area contributed by atoms with E-state index < -0.39 is 0 Å². The van der Waals surface area contributed by atoms with Crippen LogP contribution < -0.4 is 10.6 Å². The monoisotopic (exact) mass is 281 g/mol. The number of amides is 1. The van der Waals surface area contributed by atoms with E-state index in [4.69, 9.17) is 0 Å². The van der Waals surface area contributed by atoms with Crippen molar-refractivity contribution in [2.24, 2.45) is 0 Å². The largest absolute Gasteiger partial charge is 0.377 e. The number of rotatable bonds is 6. The van der Waals surface area contributed by atoms with E-state index in [-0.39, 0.29) is 11.9 Å². The lowest BCUT2D eigenvalue weighted by Crippen LogP contribution is -2.23. The molecule has 2 N–H and O–H groups in total. The van der Waals surface area contributed by atoms with Crippen LogP contribution >= 0.6 is 0 Å². The van der Waals surface area contributed by atoms with E-state index >= 15 is 0 Å². The second-order valence-corrected chi connectivity index (χ2v) is 4.74. The van der Waals surface area contributed by atoms with Crippen molar-refractivity contribution in [2.75, 3.05) is 11.9 Å². The molecule has 0 aliphatic rings. The summed E-state index contributed by atoms with van der Waals surface area (Å²) in [5.74, 6) is -0.154. The van der Waals surface area contributed by atoms with Crippen LogP contribution in [0, 0.1) is 0 Å². The zero-order valence-corrected chi connectivity index (χ0v) is 12.0. The minimum absolute atomic E-state index is 0.138. The summed E-state index contributed by atoms with van der Waals surface area (Å²) in [6.07, 6.45) is 4.91. The van der Waals surface area contributed by atoms with Crippen molar-refractivity contribution in [3.8, 4) is 0 Å². The molecule has 2 aromatic rings. The molecule has 4 nitrogen and oxygen atoms in total. The standard InChI is InChI=1S/C17H19N3O/c1-3-9-19-17(21)15-10-16(12-18-11-15)20-13(2)14-7-5-4-6-8-14/h3-8,10-13,20H,1,9H2,2H3,(H,19,21). The zero-order chi connectivity index (χ0) is 15.1. The summed E-state index contributed by atoms with van der Waals surface area (Å²) < 4.78 is 0. The van der Waals surface area contributed by atoms with E-state index in [1.54, 1.807) is 24.5 Å². The quantitative estimate of drug-likeness (QED) is 0.800. The van der Waals surface area contributed by atoms with Crippen molar-refractivity contribution in [3.63, 3.8) is 0 Å². The topological polar surface area (TPSA) is 54.0 Å². The van der Waals surface area contributed by atoms with Gasteiger partial charge in [-0.3, -0.25) is 9.78 Å². The van der Waals surface area contributed by atoms with Crippen LogP contribution in [0.4, 0.5) is 5.69 Å². The third-order valence-corrected chi connectivity index (χ3v) is 3.09. The Kier molecular flexibility index (Phi) is 5.10. The molecular formula is C17H19N3O. The van der Waals surface area contributed by atoms with Gasteiger partial charge < -0.3 is 10.6 Å². The minimum Gasteiger partial charge on any atom is -0.377 e. The third kappa shape index (κ3) is 4.18. The number of aromatic nitrogens is 1. The Morgan fingerprint density at radius 1 is 1.33 bits per heavy atom. The highest BCUT2D eigenvalue weighted by atomic mass is 16.1. The van der Waals surface area contributed by atoms with Gasteiger partial charge in [0, 0.05) is 25.0 Å². The maximum atomic E-state index is 11.9. The molecule has 0 spiro atoms. The van der Waals surface area contributed by atoms with Gasteiger partial charge in [0.2, 0.25) is 0 Å². The maximum absolute atomic E-state index is 11.9. The minimum atomic E-state index is -0.154. The predicted molar refractivity (Wildman–Crippen MR) is 85.2 cm³/mol. The molecular weight excluding hydrogens is 262 g/mol. The molecule has 2 rings (SSSR count). The number of hydrogen-bond donors (Lipinski definition) is 2. The van der Waals surface area contributed by atoms with Gasteiger partial charge >= 0.3 is 0 Å². The Morgan fingerprint density at radius 2 is 2.10 bits per heavy atom. The lowest BCUT2D eigenvalue weighted by Gasteiger charge is -2.15. The molecule has 0 aliphatic carbocycles. The molecule has 1 heterocycles. The van der Waals surface area contributed by atoms with Crippen LogP contribution in [-0.2, 0) is 0 Å². The number of nitrogens with zero attached hydrogens (tertiary/aromatic N) is 1. The first-order valence-corrected chi connectivity index (χ1v) is 6.86. The molecule has 21 heavy (non-hydrogen) atoms. The predicted octanol–water partition coefficient (Wildman–Crippen LogP) is 3.17. The van der Waals surface area contributed by atoms with E-state index in [1.807, 2.05) is 18.2 Å². The van der Waals surface area contributed by atoms with Crippen LogP contribution in [0.5, 0.6) is 0 Å². The van der Waals surface area contributed by atoms with Gasteiger partial charge in [0.1, 0.15) is 0 Å². The molecule has 0 bridgehead atoms. The van der Waals surface area contributed by atoms with E-state index in [1.165, 1.54) is 5.56 Å². The fraction of sp³-hybridized carbons (Fsp3) is 0.176. The first-order chi connectivity index (χ1) is 10.2. The molecule has 1 amide bonds. The van der Waals surface area contributed by atoms with Crippen molar-refractivity contribution in [2.45, 2.75) is 13.0 Å². The molecule has 1 atom stereocenters. The lowest BCUT2D eigenvalue weighted by atomic mass is 10.1. The molecule has 108 valence electrons. The zero-order valence-electron chi connectivity index (χ0n) is 12.0. The summed E-state index contributed by atoms with van der Waals surface area (Å²) in [6.45, 7) is 6.08. The van der Waals surface area contributed by atoms with Crippen LogP contribution in [0.15, 0.2) is 61.4 Å². The van der Waals surface area contributed by atoms with Gasteiger partial charge in [0.15, 0.2) is 0 Å². The smallest absolute Gasteiger partial charge is 0.253 e. The van der Waals surface area contributed by atoms with Crippen molar-refractivity contribution in [1.82, 2.24) is 10.3 Å². The van der Waals surface area contributed by atoms with Crippen LogP contribution in [0.25, 0.3) is 0 Å². The van der Waals surface area contributed by atoms with E-state index in [0.717, 1.165) is 5.69 Å². The van der Waals surface area contributed by atoms with E-state index in [0.29, 0.717) is 12.1 Å². The Balaban J connectivity index is 2.07. The highest BCUT2D eigenvalue weighted by Gasteiger charge is 2.08. The number of pyridine rings is 1. The molecule has 0 radical (unpaired) electrons. The number of carbonyl (C=O) groups is 1. The van der Waals surface area contributed by atoms with Crippen LogP contribution in [0.2, 0.25) is 0 Å². The molecule has 0 saturated heterocycles. The Morgan fingerprint density at radius 3 is 2.81 bits per heavy atom. The summed E-state index contributed by atoms with van der Waals surface area (Å²) in [5, 5.41) is 6.08.